The highest BCUT2D eigenvalue weighted by molar-refractivity contribution is 7.07. The quantitative estimate of drug-likeness (QED) is 0.599. The number of benzene rings is 1. The molecule has 0 saturated heterocycles. The molecule has 1 aromatic carbocycles. The van der Waals surface area contributed by atoms with Crippen molar-refractivity contribution in [2.75, 3.05) is 0 Å². The zero-order chi connectivity index (χ0) is 8.65. The van der Waals surface area contributed by atoms with Crippen LogP contribution in [0, 0.1) is 6.92 Å². The second kappa shape index (κ2) is 7.50. The summed E-state index contributed by atoms with van der Waals surface area (Å²) in [7, 11) is 0. The first-order valence-corrected chi connectivity index (χ1v) is 4.82. The van der Waals surface area contributed by atoms with E-state index in [-0.39, 0.29) is 4.70 Å². The first-order chi connectivity index (χ1) is 5.89. The van der Waals surface area contributed by atoms with Crippen LogP contribution in [0.2, 0.25) is 0 Å². The van der Waals surface area contributed by atoms with Gasteiger partial charge in [0.05, 0.1) is 0 Å². The molecule has 2 aromatic rings. The SMILES string of the molecule is Cc1ccccc1.F.c1ccsc1. The van der Waals surface area contributed by atoms with Crippen LogP contribution in [0.1, 0.15) is 5.56 Å². The third-order valence-electron chi connectivity index (χ3n) is 1.37. The van der Waals surface area contributed by atoms with Gasteiger partial charge >= 0.3 is 0 Å². The van der Waals surface area contributed by atoms with Crippen LogP contribution in [-0.4, -0.2) is 0 Å². The number of aryl methyl sites for hydroxylation is 1. The predicted octanol–water partition coefficient (Wildman–Crippen LogP) is 3.90. The van der Waals surface area contributed by atoms with E-state index >= 15 is 0 Å². The van der Waals surface area contributed by atoms with Gasteiger partial charge in [0.15, 0.2) is 0 Å². The zero-order valence-electron chi connectivity index (χ0n) is 7.51. The second-order valence-electron chi connectivity index (χ2n) is 2.45. The molecular formula is C11H13FS. The van der Waals surface area contributed by atoms with E-state index in [0.29, 0.717) is 0 Å². The molecule has 1 heterocycles. The standard InChI is InChI=1S/C7H8.C4H4S.FH/c1-7-5-3-2-4-6-7;1-2-4-5-3-1;/h2-6H,1H3;1-4H;1H. The van der Waals surface area contributed by atoms with Gasteiger partial charge in [-0.15, -0.1) is 0 Å². The molecule has 2 heteroatoms. The highest BCUT2D eigenvalue weighted by atomic mass is 32.1. The number of rotatable bonds is 0. The van der Waals surface area contributed by atoms with E-state index in [0.717, 1.165) is 0 Å². The minimum atomic E-state index is 0. The third-order valence-corrected chi connectivity index (χ3v) is 1.99. The topological polar surface area (TPSA) is 0 Å². The van der Waals surface area contributed by atoms with Gasteiger partial charge < -0.3 is 0 Å². The fraction of sp³-hybridized carbons (Fsp3) is 0.0909. The van der Waals surface area contributed by atoms with Crippen molar-refractivity contribution in [2.45, 2.75) is 6.92 Å². The number of halogens is 1. The summed E-state index contributed by atoms with van der Waals surface area (Å²) >= 11 is 1.71. The normalized spacial score (nSPS) is 7.77. The Bertz CT molecular complexity index is 259. The van der Waals surface area contributed by atoms with Crippen LogP contribution in [-0.2, 0) is 0 Å². The van der Waals surface area contributed by atoms with E-state index in [2.05, 4.69) is 19.1 Å². The minimum Gasteiger partial charge on any atom is -0.269 e. The summed E-state index contributed by atoms with van der Waals surface area (Å²) in [6.07, 6.45) is 0. The molecule has 0 nitrogen and oxygen atoms in total. The first-order valence-electron chi connectivity index (χ1n) is 3.88. The Hall–Kier alpha value is -1.15. The largest absolute Gasteiger partial charge is 0.269 e. The van der Waals surface area contributed by atoms with E-state index in [9.17, 15) is 0 Å². The molecule has 1 aromatic heterocycles. The maximum atomic E-state index is 2.08. The van der Waals surface area contributed by atoms with Crippen LogP contribution in [0.25, 0.3) is 0 Å². The van der Waals surface area contributed by atoms with Gasteiger partial charge in [-0.3, -0.25) is 4.70 Å². The van der Waals surface area contributed by atoms with Crippen molar-refractivity contribution >= 4 is 11.3 Å². The number of hydrogen-bond acceptors (Lipinski definition) is 1. The monoisotopic (exact) mass is 196 g/mol. The Kier molecular flexibility index (Phi) is 6.83. The van der Waals surface area contributed by atoms with E-state index in [4.69, 9.17) is 0 Å². The average molecular weight is 196 g/mol. The van der Waals surface area contributed by atoms with E-state index < -0.39 is 0 Å². The summed E-state index contributed by atoms with van der Waals surface area (Å²) < 4.78 is 0. The summed E-state index contributed by atoms with van der Waals surface area (Å²) in [5.74, 6) is 0. The molecule has 0 amide bonds. The number of hydrogen-bond donors (Lipinski definition) is 0. The van der Waals surface area contributed by atoms with Crippen molar-refractivity contribution in [3.8, 4) is 0 Å². The van der Waals surface area contributed by atoms with Crippen LogP contribution < -0.4 is 0 Å². The van der Waals surface area contributed by atoms with Crippen LogP contribution in [0.5, 0.6) is 0 Å². The fourth-order valence-corrected chi connectivity index (χ4v) is 1.21. The molecule has 13 heavy (non-hydrogen) atoms. The molecule has 0 aliphatic rings. The third kappa shape index (κ3) is 6.05. The molecule has 0 bridgehead atoms. The molecule has 0 aliphatic heterocycles. The molecule has 0 atom stereocenters. The summed E-state index contributed by atoms with van der Waals surface area (Å²) in [5, 5.41) is 4.08. The van der Waals surface area contributed by atoms with Crippen molar-refractivity contribution < 1.29 is 4.70 Å². The molecule has 0 saturated carbocycles. The molecule has 2 rings (SSSR count). The van der Waals surface area contributed by atoms with Gasteiger partial charge in [0.25, 0.3) is 0 Å². The highest BCUT2D eigenvalue weighted by Crippen LogP contribution is 1.92. The lowest BCUT2D eigenvalue weighted by molar-refractivity contribution is 1.11. The van der Waals surface area contributed by atoms with Crippen LogP contribution in [0.15, 0.2) is 53.2 Å². The Morgan fingerprint density at radius 3 is 1.62 bits per heavy atom. The van der Waals surface area contributed by atoms with Crippen molar-refractivity contribution in [1.82, 2.24) is 0 Å². The molecular weight excluding hydrogens is 183 g/mol. The molecule has 0 spiro atoms. The van der Waals surface area contributed by atoms with Crippen molar-refractivity contribution in [3.05, 3.63) is 58.8 Å². The highest BCUT2D eigenvalue weighted by Gasteiger charge is 1.72. The molecule has 0 unspecified atom stereocenters. The maximum Gasteiger partial charge on any atom is -0.00934 e. The molecule has 0 radical (unpaired) electrons. The Morgan fingerprint density at radius 1 is 0.846 bits per heavy atom. The lowest BCUT2D eigenvalue weighted by atomic mass is 10.2. The molecule has 0 aliphatic carbocycles. The summed E-state index contributed by atoms with van der Waals surface area (Å²) in [5.41, 5.74) is 1.32. The van der Waals surface area contributed by atoms with Gasteiger partial charge in [0.1, 0.15) is 0 Å². The first kappa shape index (κ1) is 11.8. The van der Waals surface area contributed by atoms with Crippen LogP contribution >= 0.6 is 11.3 Å². The van der Waals surface area contributed by atoms with Gasteiger partial charge in [-0.25, -0.2) is 0 Å². The Balaban J connectivity index is 0.000000215. The fourth-order valence-electron chi connectivity index (χ4n) is 0.761. The minimum absolute atomic E-state index is 0. The van der Waals surface area contributed by atoms with Crippen LogP contribution in [0.3, 0.4) is 0 Å². The predicted molar refractivity (Wildman–Crippen MR) is 58.0 cm³/mol. The van der Waals surface area contributed by atoms with E-state index in [1.165, 1.54) is 5.56 Å². The van der Waals surface area contributed by atoms with Gasteiger partial charge in [-0.1, -0.05) is 48.0 Å². The summed E-state index contributed by atoms with van der Waals surface area (Å²) in [6.45, 7) is 2.08. The van der Waals surface area contributed by atoms with Crippen molar-refractivity contribution in [1.29, 1.82) is 0 Å². The number of thiophene rings is 1. The maximum absolute atomic E-state index is 2.08. The Labute approximate surface area is 82.2 Å². The lowest BCUT2D eigenvalue weighted by Crippen LogP contribution is -1.62. The Morgan fingerprint density at radius 2 is 1.38 bits per heavy atom. The van der Waals surface area contributed by atoms with Gasteiger partial charge in [-0.2, -0.15) is 11.3 Å². The molecule has 0 fully saturated rings. The van der Waals surface area contributed by atoms with Crippen molar-refractivity contribution in [3.63, 3.8) is 0 Å². The summed E-state index contributed by atoms with van der Waals surface area (Å²) in [4.78, 5) is 0. The molecule has 0 N–H and O–H groups in total. The average Bonchev–Trinajstić information content (AvgIpc) is 2.62. The second-order valence-corrected chi connectivity index (χ2v) is 3.26. The van der Waals surface area contributed by atoms with Gasteiger partial charge in [-0.05, 0) is 17.7 Å². The summed E-state index contributed by atoms with van der Waals surface area (Å²) in [6, 6.07) is 14.3. The van der Waals surface area contributed by atoms with E-state index in [1.54, 1.807) is 11.3 Å². The molecule has 70 valence electrons. The van der Waals surface area contributed by atoms with Crippen molar-refractivity contribution in [2.24, 2.45) is 0 Å². The zero-order valence-corrected chi connectivity index (χ0v) is 8.33. The van der Waals surface area contributed by atoms with E-state index in [1.807, 2.05) is 41.1 Å². The van der Waals surface area contributed by atoms with Gasteiger partial charge in [0.2, 0.25) is 0 Å². The lowest BCUT2D eigenvalue weighted by Gasteiger charge is -1.82. The smallest absolute Gasteiger partial charge is 0.00934 e. The van der Waals surface area contributed by atoms with Gasteiger partial charge in [0, 0.05) is 0 Å². The van der Waals surface area contributed by atoms with Crippen LogP contribution in [0.4, 0.5) is 4.70 Å².